The van der Waals surface area contributed by atoms with E-state index in [1.54, 1.807) is 30.3 Å². The molecule has 0 bridgehead atoms. The van der Waals surface area contributed by atoms with Gasteiger partial charge in [-0.1, -0.05) is 15.9 Å². The first kappa shape index (κ1) is 12.8. The Morgan fingerprint density at radius 2 is 2.06 bits per heavy atom. The Labute approximate surface area is 114 Å². The van der Waals surface area contributed by atoms with Crippen LogP contribution >= 0.6 is 15.9 Å². The van der Waals surface area contributed by atoms with Crippen LogP contribution in [0.25, 0.3) is 0 Å². The molecule has 0 unspecified atom stereocenters. The van der Waals surface area contributed by atoms with Crippen molar-refractivity contribution in [3.63, 3.8) is 0 Å². The molecule has 94 valence electrons. The summed E-state index contributed by atoms with van der Waals surface area (Å²) >= 11 is 3.35. The lowest BCUT2D eigenvalue weighted by Gasteiger charge is -2.16. The molecular formula is C13H14BrN3O. The van der Waals surface area contributed by atoms with Gasteiger partial charge in [-0.05, 0) is 24.3 Å². The van der Waals surface area contributed by atoms with Crippen LogP contribution < -0.4 is 0 Å². The average molecular weight is 308 g/mol. The third-order valence-corrected chi connectivity index (χ3v) is 3.27. The van der Waals surface area contributed by atoms with E-state index >= 15 is 0 Å². The lowest BCUT2D eigenvalue weighted by atomic mass is 10.2. The Balaban J connectivity index is 2.09. The van der Waals surface area contributed by atoms with Gasteiger partial charge in [0.1, 0.15) is 5.82 Å². The third-order valence-electron chi connectivity index (χ3n) is 2.74. The average Bonchev–Trinajstić information content (AvgIpc) is 2.75. The summed E-state index contributed by atoms with van der Waals surface area (Å²) in [6, 6.07) is 7.34. The second kappa shape index (κ2) is 5.35. The number of aryl methyl sites for hydroxylation is 1. The summed E-state index contributed by atoms with van der Waals surface area (Å²) in [4.78, 5) is 18.0. The molecule has 0 saturated carbocycles. The third kappa shape index (κ3) is 2.79. The second-order valence-corrected chi connectivity index (χ2v) is 5.04. The minimum absolute atomic E-state index is 0.00880. The monoisotopic (exact) mass is 307 g/mol. The van der Waals surface area contributed by atoms with Crippen molar-refractivity contribution in [1.29, 1.82) is 0 Å². The number of aromatic nitrogens is 2. The molecule has 0 N–H and O–H groups in total. The first-order chi connectivity index (χ1) is 8.58. The molecule has 2 rings (SSSR count). The molecule has 0 fully saturated rings. The Bertz CT molecular complexity index is 548. The molecule has 0 saturated heterocycles. The minimum atomic E-state index is -0.00880. The van der Waals surface area contributed by atoms with Gasteiger partial charge in [0.15, 0.2) is 0 Å². The smallest absolute Gasteiger partial charge is 0.254 e. The predicted octanol–water partition coefficient (Wildman–Crippen LogP) is 2.45. The van der Waals surface area contributed by atoms with Gasteiger partial charge in [-0.3, -0.25) is 4.79 Å². The lowest BCUT2D eigenvalue weighted by Crippen LogP contribution is -2.27. The quantitative estimate of drug-likeness (QED) is 0.873. The van der Waals surface area contributed by atoms with Crippen LogP contribution in [0.15, 0.2) is 41.1 Å². The Morgan fingerprint density at radius 3 is 2.61 bits per heavy atom. The maximum atomic E-state index is 12.2. The number of carbonyl (C=O) groups excluding carboxylic acids is 1. The van der Waals surface area contributed by atoms with E-state index < -0.39 is 0 Å². The summed E-state index contributed by atoms with van der Waals surface area (Å²) in [5, 5.41) is 0. The van der Waals surface area contributed by atoms with Gasteiger partial charge in [0.25, 0.3) is 5.91 Å². The van der Waals surface area contributed by atoms with Gasteiger partial charge >= 0.3 is 0 Å². The van der Waals surface area contributed by atoms with Crippen molar-refractivity contribution in [2.24, 2.45) is 7.05 Å². The molecular weight excluding hydrogens is 294 g/mol. The van der Waals surface area contributed by atoms with Crippen molar-refractivity contribution in [1.82, 2.24) is 14.5 Å². The molecule has 4 nitrogen and oxygen atoms in total. The van der Waals surface area contributed by atoms with Crippen LogP contribution in [0.1, 0.15) is 16.2 Å². The van der Waals surface area contributed by atoms with E-state index in [2.05, 4.69) is 20.9 Å². The number of nitrogens with zero attached hydrogens (tertiary/aromatic N) is 3. The first-order valence-electron chi connectivity index (χ1n) is 5.55. The van der Waals surface area contributed by atoms with E-state index in [4.69, 9.17) is 0 Å². The number of amides is 1. The van der Waals surface area contributed by atoms with Crippen LogP contribution in [0, 0.1) is 0 Å². The van der Waals surface area contributed by atoms with Gasteiger partial charge < -0.3 is 9.47 Å². The van der Waals surface area contributed by atoms with Gasteiger partial charge in [-0.15, -0.1) is 0 Å². The highest BCUT2D eigenvalue weighted by Gasteiger charge is 2.13. The lowest BCUT2D eigenvalue weighted by molar-refractivity contribution is 0.0780. The summed E-state index contributed by atoms with van der Waals surface area (Å²) < 4.78 is 2.87. The molecule has 0 radical (unpaired) electrons. The summed E-state index contributed by atoms with van der Waals surface area (Å²) in [6.45, 7) is 0.498. The molecule has 5 heteroatoms. The molecule has 0 aliphatic heterocycles. The minimum Gasteiger partial charge on any atom is -0.337 e. The molecule has 0 atom stereocenters. The van der Waals surface area contributed by atoms with Gasteiger partial charge in [-0.25, -0.2) is 4.98 Å². The van der Waals surface area contributed by atoms with Crippen LogP contribution in [-0.2, 0) is 13.6 Å². The van der Waals surface area contributed by atoms with E-state index in [1.807, 2.05) is 29.9 Å². The van der Waals surface area contributed by atoms with Crippen LogP contribution in [0.3, 0.4) is 0 Å². The number of carbonyl (C=O) groups is 1. The summed E-state index contributed by atoms with van der Waals surface area (Å²) in [5.41, 5.74) is 0.676. The Morgan fingerprint density at radius 1 is 1.39 bits per heavy atom. The van der Waals surface area contributed by atoms with E-state index in [0.29, 0.717) is 12.1 Å². The molecule has 18 heavy (non-hydrogen) atoms. The second-order valence-electron chi connectivity index (χ2n) is 4.12. The molecule has 0 aliphatic carbocycles. The first-order valence-corrected chi connectivity index (χ1v) is 6.34. The van der Waals surface area contributed by atoms with Crippen molar-refractivity contribution in [3.05, 3.63) is 52.5 Å². The number of imidazole rings is 1. The van der Waals surface area contributed by atoms with Crippen molar-refractivity contribution >= 4 is 21.8 Å². The van der Waals surface area contributed by atoms with Crippen LogP contribution in [-0.4, -0.2) is 27.4 Å². The van der Waals surface area contributed by atoms with Crippen molar-refractivity contribution in [2.45, 2.75) is 6.54 Å². The highest BCUT2D eigenvalue weighted by Crippen LogP contribution is 2.12. The van der Waals surface area contributed by atoms with Crippen LogP contribution in [0.5, 0.6) is 0 Å². The zero-order chi connectivity index (χ0) is 13.1. The van der Waals surface area contributed by atoms with E-state index in [-0.39, 0.29) is 5.91 Å². The molecule has 1 heterocycles. The largest absolute Gasteiger partial charge is 0.337 e. The van der Waals surface area contributed by atoms with Gasteiger partial charge in [0.2, 0.25) is 0 Å². The molecule has 1 amide bonds. The molecule has 2 aromatic rings. The maximum Gasteiger partial charge on any atom is 0.254 e. The maximum absolute atomic E-state index is 12.2. The van der Waals surface area contributed by atoms with E-state index in [0.717, 1.165) is 10.3 Å². The number of rotatable bonds is 3. The Hall–Kier alpha value is -1.62. The highest BCUT2D eigenvalue weighted by atomic mass is 79.9. The zero-order valence-electron chi connectivity index (χ0n) is 10.3. The number of halogens is 1. The van der Waals surface area contributed by atoms with Crippen molar-refractivity contribution < 1.29 is 4.79 Å². The zero-order valence-corrected chi connectivity index (χ0v) is 11.9. The fourth-order valence-corrected chi connectivity index (χ4v) is 1.91. The Kier molecular flexibility index (Phi) is 3.81. The van der Waals surface area contributed by atoms with Crippen LogP contribution in [0.2, 0.25) is 0 Å². The van der Waals surface area contributed by atoms with Gasteiger partial charge in [-0.2, -0.15) is 0 Å². The fourth-order valence-electron chi connectivity index (χ4n) is 1.65. The molecule has 1 aromatic carbocycles. The molecule has 0 spiro atoms. The predicted molar refractivity (Wildman–Crippen MR) is 73.1 cm³/mol. The highest BCUT2D eigenvalue weighted by molar-refractivity contribution is 9.10. The van der Waals surface area contributed by atoms with Crippen LogP contribution in [0.4, 0.5) is 0 Å². The van der Waals surface area contributed by atoms with E-state index in [9.17, 15) is 4.79 Å². The SMILES string of the molecule is CN(Cc1nccn1C)C(=O)c1ccc(Br)cc1. The summed E-state index contributed by atoms with van der Waals surface area (Å²) in [6.07, 6.45) is 3.60. The topological polar surface area (TPSA) is 38.1 Å². The van der Waals surface area contributed by atoms with Gasteiger partial charge in [0, 0.05) is 36.5 Å². The normalized spacial score (nSPS) is 10.4. The standard InChI is InChI=1S/C13H14BrN3O/c1-16-8-7-15-12(16)9-17(2)13(18)10-3-5-11(14)6-4-10/h3-8H,9H2,1-2H3. The van der Waals surface area contributed by atoms with E-state index in [1.165, 1.54) is 0 Å². The number of hydrogen-bond donors (Lipinski definition) is 0. The summed E-state index contributed by atoms with van der Waals surface area (Å²) in [7, 11) is 3.69. The van der Waals surface area contributed by atoms with Crippen molar-refractivity contribution in [2.75, 3.05) is 7.05 Å². The number of hydrogen-bond acceptors (Lipinski definition) is 2. The fraction of sp³-hybridized carbons (Fsp3) is 0.231. The van der Waals surface area contributed by atoms with Crippen molar-refractivity contribution in [3.8, 4) is 0 Å². The number of benzene rings is 1. The summed E-state index contributed by atoms with van der Waals surface area (Å²) in [5.74, 6) is 0.855. The molecule has 0 aliphatic rings. The molecule has 1 aromatic heterocycles. The van der Waals surface area contributed by atoms with Gasteiger partial charge in [0.05, 0.1) is 6.54 Å².